The number of anilines is 2. The van der Waals surface area contributed by atoms with Crippen molar-refractivity contribution in [3.8, 4) is 0 Å². The zero-order valence-corrected chi connectivity index (χ0v) is 16.4. The van der Waals surface area contributed by atoms with Crippen molar-refractivity contribution < 1.29 is 22.4 Å². The van der Waals surface area contributed by atoms with Crippen molar-refractivity contribution in [1.82, 2.24) is 14.9 Å². The van der Waals surface area contributed by atoms with Gasteiger partial charge >= 0.3 is 6.18 Å². The molecule has 1 aliphatic rings. The quantitative estimate of drug-likeness (QED) is 0.698. The lowest BCUT2D eigenvalue weighted by molar-refractivity contribution is -0.141. The van der Waals surface area contributed by atoms with Gasteiger partial charge in [-0.05, 0) is 18.2 Å². The first-order valence-corrected chi connectivity index (χ1v) is 9.07. The molecule has 1 fully saturated rings. The highest BCUT2D eigenvalue weighted by Gasteiger charge is 2.35. The molecular formula is C18H18ClF4N5O. The van der Waals surface area contributed by atoms with E-state index in [1.54, 1.807) is 19.0 Å². The molecule has 0 bridgehead atoms. The lowest BCUT2D eigenvalue weighted by Gasteiger charge is -2.35. The number of carbonyl (C=O) groups excluding carboxylic acids is 1. The molecule has 0 atom stereocenters. The van der Waals surface area contributed by atoms with Gasteiger partial charge in [-0.1, -0.05) is 11.6 Å². The van der Waals surface area contributed by atoms with Gasteiger partial charge in [0.2, 0.25) is 5.95 Å². The molecule has 0 radical (unpaired) electrons. The Morgan fingerprint density at radius 3 is 2.31 bits per heavy atom. The minimum Gasteiger partial charge on any atom is -0.363 e. The van der Waals surface area contributed by atoms with Gasteiger partial charge in [-0.25, -0.2) is 9.37 Å². The maximum atomic E-state index is 13.2. The van der Waals surface area contributed by atoms with Crippen LogP contribution in [0, 0.1) is 5.82 Å². The number of alkyl halides is 3. The van der Waals surface area contributed by atoms with Crippen LogP contribution in [-0.2, 0) is 6.18 Å². The number of halogens is 5. The molecule has 0 aliphatic carbocycles. The van der Waals surface area contributed by atoms with Crippen molar-refractivity contribution in [2.75, 3.05) is 50.1 Å². The second kappa shape index (κ2) is 8.02. The van der Waals surface area contributed by atoms with E-state index in [9.17, 15) is 22.4 Å². The molecule has 1 amide bonds. The third-order valence-electron chi connectivity index (χ3n) is 4.46. The summed E-state index contributed by atoms with van der Waals surface area (Å²) in [6.07, 6.45) is -4.60. The lowest BCUT2D eigenvalue weighted by Crippen LogP contribution is -2.49. The largest absolute Gasteiger partial charge is 0.433 e. The second-order valence-corrected chi connectivity index (χ2v) is 7.11. The molecule has 1 aromatic carbocycles. The summed E-state index contributed by atoms with van der Waals surface area (Å²) in [5.41, 5.74) is -0.852. The van der Waals surface area contributed by atoms with Crippen LogP contribution in [0.3, 0.4) is 0 Å². The zero-order chi connectivity index (χ0) is 21.3. The highest BCUT2D eigenvalue weighted by atomic mass is 35.5. The topological polar surface area (TPSA) is 52.6 Å². The first kappa shape index (κ1) is 21.1. The molecule has 0 unspecified atom stereocenters. The number of carbonyl (C=O) groups is 1. The molecule has 2 aromatic rings. The van der Waals surface area contributed by atoms with Gasteiger partial charge in [0, 0.05) is 46.3 Å². The van der Waals surface area contributed by atoms with Gasteiger partial charge in [0.1, 0.15) is 11.6 Å². The van der Waals surface area contributed by atoms with Crippen molar-refractivity contribution in [3.05, 3.63) is 46.4 Å². The molecule has 11 heteroatoms. The Bertz CT molecular complexity index is 914. The molecule has 0 spiro atoms. The van der Waals surface area contributed by atoms with E-state index in [-0.39, 0.29) is 54.4 Å². The van der Waals surface area contributed by atoms with Gasteiger partial charge in [0.25, 0.3) is 5.91 Å². The van der Waals surface area contributed by atoms with Crippen LogP contribution in [-0.4, -0.2) is 61.0 Å². The normalized spacial score (nSPS) is 14.9. The van der Waals surface area contributed by atoms with E-state index in [0.29, 0.717) is 0 Å². The molecular weight excluding hydrogens is 414 g/mol. The van der Waals surface area contributed by atoms with Gasteiger partial charge in [-0.3, -0.25) is 4.79 Å². The van der Waals surface area contributed by atoms with Gasteiger partial charge in [0.15, 0.2) is 5.69 Å². The summed E-state index contributed by atoms with van der Waals surface area (Å²) in [6, 6.07) is 4.41. The summed E-state index contributed by atoms with van der Waals surface area (Å²) in [5.74, 6) is -0.822. The summed E-state index contributed by atoms with van der Waals surface area (Å²) in [4.78, 5) is 25.0. The third-order valence-corrected chi connectivity index (χ3v) is 4.77. The van der Waals surface area contributed by atoms with E-state index in [0.717, 1.165) is 18.2 Å². The fraction of sp³-hybridized carbons (Fsp3) is 0.389. The average Bonchev–Trinajstić information content (AvgIpc) is 2.66. The Morgan fingerprint density at radius 1 is 1.10 bits per heavy atom. The van der Waals surface area contributed by atoms with Crippen LogP contribution in [0.4, 0.5) is 29.3 Å². The summed E-state index contributed by atoms with van der Waals surface area (Å²) >= 11 is 5.95. The predicted octanol–water partition coefficient (Wildman–Crippen LogP) is 3.32. The van der Waals surface area contributed by atoms with Crippen LogP contribution < -0.4 is 9.80 Å². The number of benzene rings is 1. The maximum absolute atomic E-state index is 13.2. The summed E-state index contributed by atoms with van der Waals surface area (Å²) in [6.45, 7) is 0.977. The standard InChI is InChI=1S/C18H18ClF4N5O/c1-26(2)15-10-14(18(21,22)23)24-17(25-15)28-7-5-27(6-8-28)16(29)12-4-3-11(20)9-13(12)19/h3-4,9-10H,5-8H2,1-2H3. The molecule has 1 aliphatic heterocycles. The first-order valence-electron chi connectivity index (χ1n) is 8.69. The summed E-state index contributed by atoms with van der Waals surface area (Å²) in [7, 11) is 3.19. The molecule has 3 rings (SSSR count). The Morgan fingerprint density at radius 2 is 1.76 bits per heavy atom. The Balaban J connectivity index is 1.76. The van der Waals surface area contributed by atoms with E-state index >= 15 is 0 Å². The number of piperazine rings is 1. The molecule has 0 N–H and O–H groups in total. The lowest BCUT2D eigenvalue weighted by atomic mass is 10.1. The monoisotopic (exact) mass is 431 g/mol. The molecule has 1 aromatic heterocycles. The number of rotatable bonds is 3. The van der Waals surface area contributed by atoms with Crippen molar-refractivity contribution in [2.24, 2.45) is 0 Å². The Labute approximate surface area is 169 Å². The number of nitrogens with zero attached hydrogens (tertiary/aromatic N) is 5. The number of aromatic nitrogens is 2. The van der Waals surface area contributed by atoms with Gasteiger partial charge in [0.05, 0.1) is 10.6 Å². The number of hydrogen-bond donors (Lipinski definition) is 0. The molecule has 6 nitrogen and oxygen atoms in total. The molecule has 1 saturated heterocycles. The number of amides is 1. The minimum atomic E-state index is -4.60. The Kier molecular flexibility index (Phi) is 5.83. The number of hydrogen-bond acceptors (Lipinski definition) is 5. The first-order chi connectivity index (χ1) is 13.6. The SMILES string of the molecule is CN(C)c1cc(C(F)(F)F)nc(N2CCN(C(=O)c3ccc(F)cc3Cl)CC2)n1. The van der Waals surface area contributed by atoms with Crippen molar-refractivity contribution in [3.63, 3.8) is 0 Å². The van der Waals surface area contributed by atoms with Crippen LogP contribution >= 0.6 is 11.6 Å². The molecule has 156 valence electrons. The van der Waals surface area contributed by atoms with Crippen LogP contribution in [0.2, 0.25) is 5.02 Å². The van der Waals surface area contributed by atoms with Crippen molar-refractivity contribution in [1.29, 1.82) is 0 Å². The maximum Gasteiger partial charge on any atom is 0.433 e. The fourth-order valence-electron chi connectivity index (χ4n) is 2.88. The van der Waals surface area contributed by atoms with Crippen LogP contribution in [0.25, 0.3) is 0 Å². The summed E-state index contributed by atoms with van der Waals surface area (Å²) < 4.78 is 52.7. The molecule has 29 heavy (non-hydrogen) atoms. The highest BCUT2D eigenvalue weighted by Crippen LogP contribution is 2.31. The third kappa shape index (κ3) is 4.69. The highest BCUT2D eigenvalue weighted by molar-refractivity contribution is 6.33. The van der Waals surface area contributed by atoms with Crippen molar-refractivity contribution >= 4 is 29.3 Å². The fourth-order valence-corrected chi connectivity index (χ4v) is 3.13. The van der Waals surface area contributed by atoms with E-state index in [4.69, 9.17) is 11.6 Å². The minimum absolute atomic E-state index is 0.00858. The van der Waals surface area contributed by atoms with Crippen LogP contribution in [0.5, 0.6) is 0 Å². The van der Waals surface area contributed by atoms with Crippen molar-refractivity contribution in [2.45, 2.75) is 6.18 Å². The van der Waals surface area contributed by atoms with Crippen LogP contribution in [0.15, 0.2) is 24.3 Å². The van der Waals surface area contributed by atoms with Gasteiger partial charge in [-0.2, -0.15) is 18.2 Å². The second-order valence-electron chi connectivity index (χ2n) is 6.71. The van der Waals surface area contributed by atoms with Gasteiger partial charge in [-0.15, -0.1) is 0 Å². The van der Waals surface area contributed by atoms with E-state index < -0.39 is 17.7 Å². The smallest absolute Gasteiger partial charge is 0.363 e. The van der Waals surface area contributed by atoms with E-state index in [1.807, 2.05) is 0 Å². The molecule has 2 heterocycles. The van der Waals surface area contributed by atoms with Gasteiger partial charge < -0.3 is 14.7 Å². The summed E-state index contributed by atoms with van der Waals surface area (Å²) in [5, 5.41) is 0.00858. The Hall–Kier alpha value is -2.62. The predicted molar refractivity (Wildman–Crippen MR) is 101 cm³/mol. The van der Waals surface area contributed by atoms with E-state index in [1.165, 1.54) is 15.9 Å². The van der Waals surface area contributed by atoms with Crippen LogP contribution in [0.1, 0.15) is 16.1 Å². The average molecular weight is 432 g/mol. The molecule has 0 saturated carbocycles. The van der Waals surface area contributed by atoms with E-state index in [2.05, 4.69) is 9.97 Å². The zero-order valence-electron chi connectivity index (χ0n) is 15.7.